The molecule has 0 aromatic heterocycles. The highest BCUT2D eigenvalue weighted by molar-refractivity contribution is 14.1. The molecule has 1 heterocycles. The summed E-state index contributed by atoms with van der Waals surface area (Å²) in [6.45, 7) is 1.94. The van der Waals surface area contributed by atoms with Gasteiger partial charge < -0.3 is 10.6 Å². The number of rotatable bonds is 3. The zero-order chi connectivity index (χ0) is 12.4. The molecule has 92 valence electrons. The average molecular weight is 350 g/mol. The highest BCUT2D eigenvalue weighted by Crippen LogP contribution is 2.27. The fourth-order valence-electron chi connectivity index (χ4n) is 2.32. The fraction of sp³-hybridized carbons (Fsp3) is 0.200. The predicted octanol–water partition coefficient (Wildman–Crippen LogP) is 3.87. The Kier molecular flexibility index (Phi) is 3.41. The molecule has 3 heteroatoms. The molecule has 0 unspecified atom stereocenters. The van der Waals surface area contributed by atoms with Crippen LogP contribution < -0.4 is 10.6 Å². The average Bonchev–Trinajstić information content (AvgIpc) is 2.87. The van der Waals surface area contributed by atoms with E-state index in [1.54, 1.807) is 0 Å². The largest absolute Gasteiger partial charge is 0.384 e. The molecule has 0 bridgehead atoms. The topological polar surface area (TPSA) is 24.1 Å². The van der Waals surface area contributed by atoms with Crippen LogP contribution in [0.5, 0.6) is 0 Å². The second-order valence-electron chi connectivity index (χ2n) is 4.49. The van der Waals surface area contributed by atoms with E-state index in [9.17, 15) is 0 Å². The summed E-state index contributed by atoms with van der Waals surface area (Å²) in [4.78, 5) is 0. The summed E-state index contributed by atoms with van der Waals surface area (Å²) < 4.78 is 1.26. The van der Waals surface area contributed by atoms with E-state index in [2.05, 4.69) is 75.7 Å². The van der Waals surface area contributed by atoms with Crippen LogP contribution in [0.25, 0.3) is 0 Å². The Morgan fingerprint density at radius 2 is 1.94 bits per heavy atom. The summed E-state index contributed by atoms with van der Waals surface area (Å²) in [6, 6.07) is 15.0. The molecule has 2 N–H and O–H groups in total. The first-order chi connectivity index (χ1) is 8.83. The Labute approximate surface area is 121 Å². The van der Waals surface area contributed by atoms with Crippen LogP contribution >= 0.6 is 22.6 Å². The standard InChI is InChI=1S/C15H15IN2/c16-13-4-6-14(7-5-13)18-10-12-3-1-2-11-8-9-17-15(11)12/h1-7,17-18H,8-10H2. The quantitative estimate of drug-likeness (QED) is 0.822. The minimum absolute atomic E-state index is 0.872. The lowest BCUT2D eigenvalue weighted by Crippen LogP contribution is -2.02. The molecule has 2 aromatic carbocycles. The lowest BCUT2D eigenvalue weighted by Gasteiger charge is -2.11. The molecule has 0 fully saturated rings. The van der Waals surface area contributed by atoms with Crippen molar-refractivity contribution in [3.05, 3.63) is 57.2 Å². The Morgan fingerprint density at radius 1 is 1.11 bits per heavy atom. The third-order valence-corrected chi connectivity index (χ3v) is 3.98. The SMILES string of the molecule is Ic1ccc(NCc2cccc3c2NCC3)cc1. The molecular formula is C15H15IN2. The fourth-order valence-corrected chi connectivity index (χ4v) is 2.68. The first-order valence-corrected chi connectivity index (χ1v) is 7.25. The Morgan fingerprint density at radius 3 is 2.78 bits per heavy atom. The van der Waals surface area contributed by atoms with E-state index in [4.69, 9.17) is 0 Å². The number of benzene rings is 2. The zero-order valence-corrected chi connectivity index (χ0v) is 12.2. The van der Waals surface area contributed by atoms with E-state index in [1.807, 2.05) is 0 Å². The van der Waals surface area contributed by atoms with Crippen LogP contribution in [-0.4, -0.2) is 6.54 Å². The van der Waals surface area contributed by atoms with Crippen molar-refractivity contribution in [3.8, 4) is 0 Å². The predicted molar refractivity (Wildman–Crippen MR) is 85.1 cm³/mol. The van der Waals surface area contributed by atoms with E-state index in [0.29, 0.717) is 0 Å². The van der Waals surface area contributed by atoms with Crippen LogP contribution in [0.2, 0.25) is 0 Å². The van der Waals surface area contributed by atoms with Crippen molar-refractivity contribution >= 4 is 34.0 Å². The third kappa shape index (κ3) is 2.46. The molecule has 2 aromatic rings. The van der Waals surface area contributed by atoms with Crippen molar-refractivity contribution in [2.45, 2.75) is 13.0 Å². The van der Waals surface area contributed by atoms with Crippen molar-refractivity contribution in [1.29, 1.82) is 0 Å². The van der Waals surface area contributed by atoms with Gasteiger partial charge in [0.2, 0.25) is 0 Å². The zero-order valence-electron chi connectivity index (χ0n) is 10.0. The van der Waals surface area contributed by atoms with Gasteiger partial charge in [-0.3, -0.25) is 0 Å². The third-order valence-electron chi connectivity index (χ3n) is 3.26. The molecule has 0 amide bonds. The molecule has 18 heavy (non-hydrogen) atoms. The number of fused-ring (bicyclic) bond motifs is 1. The van der Waals surface area contributed by atoms with E-state index >= 15 is 0 Å². The molecule has 0 saturated carbocycles. The van der Waals surface area contributed by atoms with E-state index < -0.39 is 0 Å². The maximum Gasteiger partial charge on any atom is 0.0424 e. The summed E-state index contributed by atoms with van der Waals surface area (Å²) in [5.74, 6) is 0. The van der Waals surface area contributed by atoms with Crippen molar-refractivity contribution in [2.75, 3.05) is 17.2 Å². The van der Waals surface area contributed by atoms with Gasteiger partial charge in [-0.05, 0) is 64.4 Å². The van der Waals surface area contributed by atoms with Gasteiger partial charge in [-0.15, -0.1) is 0 Å². The Hall–Kier alpha value is -1.23. The van der Waals surface area contributed by atoms with Gasteiger partial charge in [0.25, 0.3) is 0 Å². The van der Waals surface area contributed by atoms with Crippen LogP contribution in [-0.2, 0) is 13.0 Å². The smallest absolute Gasteiger partial charge is 0.0424 e. The van der Waals surface area contributed by atoms with E-state index in [0.717, 1.165) is 19.5 Å². The van der Waals surface area contributed by atoms with E-state index in [-0.39, 0.29) is 0 Å². The molecule has 0 spiro atoms. The van der Waals surface area contributed by atoms with Gasteiger partial charge in [0.15, 0.2) is 0 Å². The molecular weight excluding hydrogens is 335 g/mol. The highest BCUT2D eigenvalue weighted by atomic mass is 127. The van der Waals surface area contributed by atoms with Crippen molar-refractivity contribution in [2.24, 2.45) is 0 Å². The van der Waals surface area contributed by atoms with Crippen molar-refractivity contribution in [3.63, 3.8) is 0 Å². The van der Waals surface area contributed by atoms with Crippen molar-refractivity contribution in [1.82, 2.24) is 0 Å². The van der Waals surface area contributed by atoms with Crippen LogP contribution in [0.3, 0.4) is 0 Å². The second kappa shape index (κ2) is 5.18. The highest BCUT2D eigenvalue weighted by Gasteiger charge is 2.12. The summed E-state index contributed by atoms with van der Waals surface area (Å²) >= 11 is 2.32. The number of hydrogen-bond donors (Lipinski definition) is 2. The number of anilines is 2. The maximum absolute atomic E-state index is 3.47. The molecule has 1 aliphatic heterocycles. The Bertz CT molecular complexity index is 549. The summed E-state index contributed by atoms with van der Waals surface area (Å²) in [7, 11) is 0. The number of halogens is 1. The Balaban J connectivity index is 1.74. The lowest BCUT2D eigenvalue weighted by atomic mass is 10.1. The molecule has 0 aliphatic carbocycles. The summed E-state index contributed by atoms with van der Waals surface area (Å²) in [5.41, 5.74) is 5.29. The molecule has 0 saturated heterocycles. The monoisotopic (exact) mass is 350 g/mol. The minimum Gasteiger partial charge on any atom is -0.384 e. The van der Waals surface area contributed by atoms with E-state index in [1.165, 1.54) is 26.1 Å². The van der Waals surface area contributed by atoms with Gasteiger partial charge in [0.05, 0.1) is 0 Å². The van der Waals surface area contributed by atoms with Crippen LogP contribution in [0.15, 0.2) is 42.5 Å². The normalized spacial score (nSPS) is 12.9. The van der Waals surface area contributed by atoms with Gasteiger partial charge in [-0.2, -0.15) is 0 Å². The van der Waals surface area contributed by atoms with Gasteiger partial charge in [-0.25, -0.2) is 0 Å². The van der Waals surface area contributed by atoms with Gasteiger partial charge in [-0.1, -0.05) is 18.2 Å². The molecule has 0 atom stereocenters. The van der Waals surface area contributed by atoms with Gasteiger partial charge >= 0.3 is 0 Å². The van der Waals surface area contributed by atoms with Gasteiger partial charge in [0, 0.05) is 28.0 Å². The number of para-hydroxylation sites is 1. The lowest BCUT2D eigenvalue weighted by molar-refractivity contribution is 1.11. The van der Waals surface area contributed by atoms with Crippen molar-refractivity contribution < 1.29 is 0 Å². The maximum atomic E-state index is 3.47. The molecule has 2 nitrogen and oxygen atoms in total. The van der Waals surface area contributed by atoms with Crippen LogP contribution in [0.4, 0.5) is 11.4 Å². The molecule has 0 radical (unpaired) electrons. The minimum atomic E-state index is 0.872. The molecule has 1 aliphatic rings. The first kappa shape index (κ1) is 11.8. The summed E-state index contributed by atoms with van der Waals surface area (Å²) in [6.07, 6.45) is 1.15. The van der Waals surface area contributed by atoms with Gasteiger partial charge in [0.1, 0.15) is 0 Å². The first-order valence-electron chi connectivity index (χ1n) is 6.17. The van der Waals surface area contributed by atoms with Crippen LogP contribution in [0.1, 0.15) is 11.1 Å². The summed E-state index contributed by atoms with van der Waals surface area (Å²) in [5, 5.41) is 6.95. The molecule has 3 rings (SSSR count). The second-order valence-corrected chi connectivity index (χ2v) is 5.73. The number of nitrogens with one attached hydrogen (secondary N) is 2. The van der Waals surface area contributed by atoms with Crippen LogP contribution in [0, 0.1) is 3.57 Å². The number of hydrogen-bond acceptors (Lipinski definition) is 2.